The number of ether oxygens (including phenoxy) is 1. The van der Waals surface area contributed by atoms with E-state index in [4.69, 9.17) is 4.74 Å². The molecule has 0 aliphatic carbocycles. The van der Waals surface area contributed by atoms with E-state index in [1.807, 2.05) is 12.3 Å². The van der Waals surface area contributed by atoms with Crippen LogP contribution in [-0.4, -0.2) is 46.2 Å². The van der Waals surface area contributed by atoms with Crippen LogP contribution < -0.4 is 5.32 Å². The summed E-state index contributed by atoms with van der Waals surface area (Å²) in [6.07, 6.45) is 7.07. The fourth-order valence-corrected chi connectivity index (χ4v) is 4.15. The van der Waals surface area contributed by atoms with Crippen molar-refractivity contribution in [1.29, 1.82) is 0 Å². The summed E-state index contributed by atoms with van der Waals surface area (Å²) in [6.45, 7) is 5.85. The Morgan fingerprint density at radius 1 is 1.32 bits per heavy atom. The molecule has 2 aliphatic heterocycles. The van der Waals surface area contributed by atoms with E-state index in [0.717, 1.165) is 56.2 Å². The summed E-state index contributed by atoms with van der Waals surface area (Å²) >= 11 is 0. The Balaban J connectivity index is 1.37. The van der Waals surface area contributed by atoms with Crippen LogP contribution in [0.5, 0.6) is 0 Å². The lowest BCUT2D eigenvalue weighted by molar-refractivity contribution is -0.0535. The van der Waals surface area contributed by atoms with E-state index in [0.29, 0.717) is 6.04 Å². The predicted molar refractivity (Wildman–Crippen MR) is 98.4 cm³/mol. The molecule has 2 aromatic rings. The molecule has 2 saturated heterocycles. The highest BCUT2D eigenvalue weighted by molar-refractivity contribution is 5.41. The van der Waals surface area contributed by atoms with E-state index < -0.39 is 0 Å². The lowest BCUT2D eigenvalue weighted by atomic mass is 9.88. The molecule has 5 nitrogen and oxygen atoms in total. The summed E-state index contributed by atoms with van der Waals surface area (Å²) in [5, 5.41) is 3.57. The highest BCUT2D eigenvalue weighted by atomic mass is 16.5. The molecular formula is C20H26N4O. The first-order valence-corrected chi connectivity index (χ1v) is 9.16. The van der Waals surface area contributed by atoms with Crippen molar-refractivity contribution < 1.29 is 4.74 Å². The van der Waals surface area contributed by atoms with Gasteiger partial charge in [-0.2, -0.15) is 0 Å². The standard InChI is InChI=1S/C20H26N4O/c1-16-5-2-6-18(22-16)13-24-10-4-8-20(15-24)11-19(14-25-20)23-17-7-3-9-21-12-17/h2-3,5-7,9,12,19,23H,4,8,10-11,13-15H2,1H3/t19-,20-/m1/s1. The van der Waals surface area contributed by atoms with Crippen molar-refractivity contribution in [3.63, 3.8) is 0 Å². The number of pyridine rings is 2. The maximum atomic E-state index is 6.31. The molecule has 132 valence electrons. The van der Waals surface area contributed by atoms with Gasteiger partial charge in [0.05, 0.1) is 29.6 Å². The van der Waals surface area contributed by atoms with Gasteiger partial charge in [-0.15, -0.1) is 0 Å². The van der Waals surface area contributed by atoms with Gasteiger partial charge in [0.2, 0.25) is 0 Å². The number of aryl methyl sites for hydroxylation is 1. The van der Waals surface area contributed by atoms with Crippen molar-refractivity contribution in [1.82, 2.24) is 14.9 Å². The number of rotatable bonds is 4. The van der Waals surface area contributed by atoms with Crippen molar-refractivity contribution in [3.05, 3.63) is 54.1 Å². The molecule has 25 heavy (non-hydrogen) atoms. The van der Waals surface area contributed by atoms with E-state index in [1.54, 1.807) is 6.20 Å². The first-order valence-electron chi connectivity index (χ1n) is 9.16. The first kappa shape index (κ1) is 16.5. The zero-order valence-corrected chi connectivity index (χ0v) is 14.8. The number of piperidine rings is 1. The third-order valence-electron chi connectivity index (χ3n) is 5.19. The van der Waals surface area contributed by atoms with Gasteiger partial charge in [0, 0.05) is 31.2 Å². The summed E-state index contributed by atoms with van der Waals surface area (Å²) in [6, 6.07) is 10.7. The molecule has 0 amide bonds. The van der Waals surface area contributed by atoms with Crippen LogP contribution in [0.1, 0.15) is 30.7 Å². The normalized spacial score (nSPS) is 26.8. The van der Waals surface area contributed by atoms with Crippen LogP contribution >= 0.6 is 0 Å². The molecule has 0 unspecified atom stereocenters. The number of nitrogens with one attached hydrogen (secondary N) is 1. The Morgan fingerprint density at radius 2 is 2.28 bits per heavy atom. The monoisotopic (exact) mass is 338 g/mol. The van der Waals surface area contributed by atoms with Crippen molar-refractivity contribution in [2.75, 3.05) is 25.0 Å². The van der Waals surface area contributed by atoms with Crippen molar-refractivity contribution >= 4 is 5.69 Å². The second-order valence-electron chi connectivity index (χ2n) is 7.37. The van der Waals surface area contributed by atoms with Gasteiger partial charge in [0.1, 0.15) is 0 Å². The van der Waals surface area contributed by atoms with Crippen LogP contribution in [0.15, 0.2) is 42.7 Å². The third-order valence-corrected chi connectivity index (χ3v) is 5.19. The van der Waals surface area contributed by atoms with Gasteiger partial charge in [-0.3, -0.25) is 14.9 Å². The van der Waals surface area contributed by atoms with Crippen molar-refractivity contribution in [3.8, 4) is 0 Å². The Kier molecular flexibility index (Phi) is 4.68. The lowest BCUT2D eigenvalue weighted by Gasteiger charge is -2.39. The van der Waals surface area contributed by atoms with Gasteiger partial charge in [-0.1, -0.05) is 6.07 Å². The third kappa shape index (κ3) is 3.99. The van der Waals surface area contributed by atoms with Gasteiger partial charge in [0.15, 0.2) is 0 Å². The maximum absolute atomic E-state index is 6.31. The van der Waals surface area contributed by atoms with Crippen LogP contribution in [0.2, 0.25) is 0 Å². The zero-order valence-electron chi connectivity index (χ0n) is 14.8. The zero-order chi connectivity index (χ0) is 17.1. The van der Waals surface area contributed by atoms with E-state index in [-0.39, 0.29) is 5.60 Å². The molecule has 2 aromatic heterocycles. The van der Waals surface area contributed by atoms with Gasteiger partial charge in [-0.25, -0.2) is 0 Å². The van der Waals surface area contributed by atoms with Crippen molar-refractivity contribution in [2.45, 2.75) is 44.4 Å². The van der Waals surface area contributed by atoms with Crippen molar-refractivity contribution in [2.24, 2.45) is 0 Å². The number of aromatic nitrogens is 2. The number of likely N-dealkylation sites (tertiary alicyclic amines) is 1. The fourth-order valence-electron chi connectivity index (χ4n) is 4.15. The topological polar surface area (TPSA) is 50.3 Å². The SMILES string of the molecule is Cc1cccc(CN2CCC[C@@]3(C[C@@H](Nc4cccnc4)CO3)C2)n1. The Hall–Kier alpha value is -1.98. The van der Waals surface area contributed by atoms with Crippen LogP contribution in [0.3, 0.4) is 0 Å². The first-order chi connectivity index (χ1) is 12.2. The van der Waals surface area contributed by atoms with Gasteiger partial charge in [0.25, 0.3) is 0 Å². The lowest BCUT2D eigenvalue weighted by Crippen LogP contribution is -2.47. The van der Waals surface area contributed by atoms with Gasteiger partial charge < -0.3 is 10.1 Å². The summed E-state index contributed by atoms with van der Waals surface area (Å²) in [5.74, 6) is 0. The minimum Gasteiger partial charge on any atom is -0.379 e. The highest BCUT2D eigenvalue weighted by Crippen LogP contribution is 2.36. The van der Waals surface area contributed by atoms with E-state index >= 15 is 0 Å². The summed E-state index contributed by atoms with van der Waals surface area (Å²) in [5.41, 5.74) is 3.30. The summed E-state index contributed by atoms with van der Waals surface area (Å²) in [7, 11) is 0. The van der Waals surface area contributed by atoms with Crippen LogP contribution in [-0.2, 0) is 11.3 Å². The smallest absolute Gasteiger partial charge is 0.0830 e. The summed E-state index contributed by atoms with van der Waals surface area (Å²) in [4.78, 5) is 11.3. The number of hydrogen-bond donors (Lipinski definition) is 1. The number of anilines is 1. The molecule has 1 N–H and O–H groups in total. The average molecular weight is 338 g/mol. The number of nitrogens with zero attached hydrogens (tertiary/aromatic N) is 3. The molecular weight excluding hydrogens is 312 g/mol. The Morgan fingerprint density at radius 3 is 3.12 bits per heavy atom. The van der Waals surface area contributed by atoms with Crippen LogP contribution in [0.4, 0.5) is 5.69 Å². The van der Waals surface area contributed by atoms with E-state index in [1.165, 1.54) is 6.42 Å². The average Bonchev–Trinajstić information content (AvgIpc) is 2.97. The quantitative estimate of drug-likeness (QED) is 0.929. The molecule has 4 heterocycles. The van der Waals surface area contributed by atoms with Gasteiger partial charge >= 0.3 is 0 Å². The molecule has 4 rings (SSSR count). The molecule has 0 aromatic carbocycles. The highest BCUT2D eigenvalue weighted by Gasteiger charge is 2.43. The second kappa shape index (κ2) is 7.10. The fraction of sp³-hybridized carbons (Fsp3) is 0.500. The minimum absolute atomic E-state index is 0.0120. The molecule has 0 saturated carbocycles. The molecule has 2 atom stereocenters. The summed E-state index contributed by atoms with van der Waals surface area (Å²) < 4.78 is 6.31. The predicted octanol–water partition coefficient (Wildman–Crippen LogP) is 3.02. The molecule has 2 fully saturated rings. The van der Waals surface area contributed by atoms with E-state index in [2.05, 4.69) is 51.4 Å². The van der Waals surface area contributed by atoms with Crippen LogP contribution in [0.25, 0.3) is 0 Å². The minimum atomic E-state index is -0.0120. The maximum Gasteiger partial charge on any atom is 0.0830 e. The largest absolute Gasteiger partial charge is 0.379 e. The molecule has 1 spiro atoms. The molecule has 5 heteroatoms. The van der Waals surface area contributed by atoms with E-state index in [9.17, 15) is 0 Å². The number of hydrogen-bond acceptors (Lipinski definition) is 5. The Labute approximate surface area is 149 Å². The molecule has 2 aliphatic rings. The van der Waals surface area contributed by atoms with Gasteiger partial charge in [-0.05, 0) is 57.0 Å². The van der Waals surface area contributed by atoms with Crippen LogP contribution in [0, 0.1) is 6.92 Å². The second-order valence-corrected chi connectivity index (χ2v) is 7.37. The molecule has 0 radical (unpaired) electrons. The molecule has 0 bridgehead atoms. The Bertz CT molecular complexity index is 708.